The Hall–Kier alpha value is -6.11. The highest BCUT2D eigenvalue weighted by atomic mass is 127. The van der Waals surface area contributed by atoms with Gasteiger partial charge in [-0.2, -0.15) is 0 Å². The van der Waals surface area contributed by atoms with Gasteiger partial charge in [0.15, 0.2) is 29.4 Å². The highest BCUT2D eigenvalue weighted by Gasteiger charge is 2.29. The highest BCUT2D eigenvalue weighted by Crippen LogP contribution is 2.35. The van der Waals surface area contributed by atoms with Crippen LogP contribution in [0.3, 0.4) is 0 Å². The van der Waals surface area contributed by atoms with Crippen molar-refractivity contribution in [2.45, 2.75) is 36.8 Å². The lowest BCUT2D eigenvalue weighted by Gasteiger charge is -2.09. The molecule has 10 rings (SSSR count). The van der Waals surface area contributed by atoms with Gasteiger partial charge in [-0.15, -0.1) is 0 Å². The van der Waals surface area contributed by atoms with Crippen molar-refractivity contribution in [2.75, 3.05) is 0 Å². The van der Waals surface area contributed by atoms with Crippen LogP contribution in [-0.4, -0.2) is 37.5 Å². The predicted octanol–water partition coefficient (Wildman–Crippen LogP) is 18.1. The standard InChI is InChI=1S/2C18H15S.C13H8I2O4.C7H5FO2.C6H4I2O2.CH4/c2*1-4-10-16(11-5-1)19(17-12-6-2-7-13-17)18-14-8-3-9-15-18;14-9-6-12(10(15)5-11(9)16)19-8-3-1-7(2-4-8)13(17)18;8-6-3-1-5(2-4-6)7(9)10;7-3-1-5(9)4(8)2-6(3)10;/h2*1-15H;1-6,16H,(H,17,18);1-4H,(H,9,10);1-2,9-10H;1H4/q2*+1;;;;. The van der Waals surface area contributed by atoms with Crippen molar-refractivity contribution in [1.29, 1.82) is 0 Å². The molecule has 0 heterocycles. The van der Waals surface area contributed by atoms with Gasteiger partial charge in [0.05, 0.1) is 47.2 Å². The normalized spacial score (nSPS) is 10.1. The minimum absolute atomic E-state index is 0. The topological polar surface area (TPSA) is 145 Å². The first-order chi connectivity index (χ1) is 37.2. The summed E-state index contributed by atoms with van der Waals surface area (Å²) in [5.41, 5.74) is 0.309. The number of carboxylic acids is 2. The van der Waals surface area contributed by atoms with E-state index in [-0.39, 0.29) is 57.6 Å². The third kappa shape index (κ3) is 19.7. The SMILES string of the molecule is C.O=C(O)c1ccc(F)cc1.O=C(O)c1ccc(Oc2cc(I)c(O)cc2I)cc1.Oc1cc(I)c(O)cc1I.c1ccc([S+](c2ccccc2)c2ccccc2)cc1.c1ccc([S+](c2ccccc2)c2ccccc2)cc1. The second kappa shape index (κ2) is 32.7. The van der Waals surface area contributed by atoms with Crippen LogP contribution in [0.2, 0.25) is 0 Å². The number of carbonyl (C=O) groups is 2. The summed E-state index contributed by atoms with van der Waals surface area (Å²) in [7, 11) is -0.0293. The molecule has 5 N–H and O–H groups in total. The van der Waals surface area contributed by atoms with Crippen LogP contribution >= 0.6 is 90.4 Å². The average Bonchev–Trinajstić information content (AvgIpc) is 3.46. The van der Waals surface area contributed by atoms with Crippen LogP contribution in [0.1, 0.15) is 28.1 Å². The van der Waals surface area contributed by atoms with E-state index in [4.69, 9.17) is 25.2 Å². The number of hydrogen-bond acceptors (Lipinski definition) is 6. The van der Waals surface area contributed by atoms with Crippen LogP contribution in [0, 0.1) is 20.1 Å². The van der Waals surface area contributed by atoms with E-state index in [1.165, 1.54) is 65.8 Å². The molecule has 0 aliphatic heterocycles. The van der Waals surface area contributed by atoms with Gasteiger partial charge in [0.2, 0.25) is 0 Å². The van der Waals surface area contributed by atoms with E-state index in [0.717, 1.165) is 15.7 Å². The molecular weight excluding hydrogens is 1480 g/mol. The van der Waals surface area contributed by atoms with Gasteiger partial charge in [0.1, 0.15) is 34.6 Å². The summed E-state index contributed by atoms with van der Waals surface area (Å²) in [5, 5.41) is 44.9. The second-order valence-corrected chi connectivity index (χ2v) is 24.4. The molecule has 0 aliphatic rings. The monoisotopic (exact) mass is 1530 g/mol. The Kier molecular flexibility index (Phi) is 26.3. The Bertz CT molecular complexity index is 3060. The van der Waals surface area contributed by atoms with Crippen LogP contribution in [0.15, 0.2) is 284 Å². The molecule has 0 aromatic heterocycles. The third-order valence-electron chi connectivity index (χ3n) is 10.3. The maximum Gasteiger partial charge on any atom is 0.335 e. The van der Waals surface area contributed by atoms with Crippen molar-refractivity contribution in [3.63, 3.8) is 0 Å². The molecule has 0 aliphatic carbocycles. The molecule has 0 amide bonds. The Morgan fingerprint density at radius 2 is 0.603 bits per heavy atom. The smallest absolute Gasteiger partial charge is 0.335 e. The van der Waals surface area contributed by atoms with Gasteiger partial charge in [0, 0.05) is 0 Å². The third-order valence-corrected chi connectivity index (χ3v) is 18.2. The molecule has 0 fully saturated rings. The lowest BCUT2D eigenvalue weighted by atomic mass is 10.2. The minimum atomic E-state index is -1.04. The van der Waals surface area contributed by atoms with Gasteiger partial charge in [-0.3, -0.25) is 0 Å². The first-order valence-corrected chi connectivity index (χ1v) is 29.8. The number of rotatable bonds is 10. The van der Waals surface area contributed by atoms with E-state index in [0.29, 0.717) is 22.2 Å². The molecule has 15 heteroatoms. The van der Waals surface area contributed by atoms with E-state index >= 15 is 0 Å². The summed E-state index contributed by atoms with van der Waals surface area (Å²) in [6.07, 6.45) is 0. The zero-order chi connectivity index (χ0) is 55.1. The van der Waals surface area contributed by atoms with E-state index < -0.39 is 17.8 Å². The number of carboxylic acid groups (broad SMARTS) is 2. The molecule has 0 saturated carbocycles. The van der Waals surface area contributed by atoms with Gasteiger partial charge >= 0.3 is 11.9 Å². The summed E-state index contributed by atoms with van der Waals surface area (Å²) in [6, 6.07) is 81.5. The number of phenols is 3. The number of aromatic hydroxyl groups is 3. The average molecular weight is 1530 g/mol. The lowest BCUT2D eigenvalue weighted by Crippen LogP contribution is -2.04. The van der Waals surface area contributed by atoms with Crippen molar-refractivity contribution in [1.82, 2.24) is 0 Å². The van der Waals surface area contributed by atoms with Crippen LogP contribution in [0.4, 0.5) is 4.39 Å². The number of phenolic OH excluding ortho intramolecular Hbond substituents is 3. The molecule has 0 bridgehead atoms. The van der Waals surface area contributed by atoms with Crippen molar-refractivity contribution >= 4 is 124 Å². The van der Waals surface area contributed by atoms with Crippen molar-refractivity contribution in [3.05, 3.63) is 286 Å². The van der Waals surface area contributed by atoms with Gasteiger partial charge < -0.3 is 30.3 Å². The minimum Gasteiger partial charge on any atom is -0.507 e. The molecule has 10 aromatic rings. The number of benzene rings is 10. The Balaban J connectivity index is 0.000000184. The van der Waals surface area contributed by atoms with Gasteiger partial charge in [-0.25, -0.2) is 14.0 Å². The van der Waals surface area contributed by atoms with Gasteiger partial charge in [-0.1, -0.05) is 117 Å². The quantitative estimate of drug-likeness (QED) is 0.0517. The van der Waals surface area contributed by atoms with Crippen molar-refractivity contribution in [3.8, 4) is 28.7 Å². The molecule has 0 unspecified atom stereocenters. The highest BCUT2D eigenvalue weighted by molar-refractivity contribution is 14.1. The van der Waals surface area contributed by atoms with Gasteiger partial charge in [-0.05, 0) is 236 Å². The first-order valence-electron chi connectivity index (χ1n) is 23.0. The number of ether oxygens (including phenoxy) is 1. The van der Waals surface area contributed by atoms with Crippen LogP contribution in [0.25, 0.3) is 0 Å². The van der Waals surface area contributed by atoms with Crippen molar-refractivity contribution < 1.29 is 44.2 Å². The molecule has 10 aromatic carbocycles. The Labute approximate surface area is 514 Å². The molecule has 0 radical (unpaired) electrons. The molecule has 396 valence electrons. The largest absolute Gasteiger partial charge is 0.507 e. The molecule has 78 heavy (non-hydrogen) atoms. The molecule has 8 nitrogen and oxygen atoms in total. The Morgan fingerprint density at radius 3 is 0.872 bits per heavy atom. The fourth-order valence-electron chi connectivity index (χ4n) is 6.66. The summed E-state index contributed by atoms with van der Waals surface area (Å²) in [5.74, 6) is -0.648. The fourth-order valence-corrected chi connectivity index (χ4v) is 12.8. The second-order valence-electron chi connectivity index (χ2n) is 15.7. The molecule has 0 spiro atoms. The number of aromatic carboxylic acids is 2. The van der Waals surface area contributed by atoms with Crippen LogP contribution in [-0.2, 0) is 21.8 Å². The van der Waals surface area contributed by atoms with Crippen LogP contribution < -0.4 is 4.74 Å². The predicted molar refractivity (Wildman–Crippen MR) is 345 cm³/mol. The molecule has 0 saturated heterocycles. The molecule has 0 atom stereocenters. The first kappa shape index (κ1) is 62.7. The van der Waals surface area contributed by atoms with Gasteiger partial charge in [0.25, 0.3) is 0 Å². The number of halogens is 5. The fraction of sp³-hybridized carbons (Fsp3) is 0.0159. The number of hydrogen-bond donors (Lipinski definition) is 5. The maximum atomic E-state index is 12.2. The summed E-state index contributed by atoms with van der Waals surface area (Å²) < 4.78 is 20.6. The summed E-state index contributed by atoms with van der Waals surface area (Å²) in [4.78, 5) is 29.1. The molecular formula is C63H51FI4O8S2+2. The van der Waals surface area contributed by atoms with E-state index in [1.54, 1.807) is 24.3 Å². The van der Waals surface area contributed by atoms with E-state index in [9.17, 15) is 19.1 Å². The zero-order valence-corrected chi connectivity index (χ0v) is 50.7. The summed E-state index contributed by atoms with van der Waals surface area (Å²) in [6.45, 7) is 0. The van der Waals surface area contributed by atoms with E-state index in [2.05, 4.69) is 205 Å². The lowest BCUT2D eigenvalue weighted by molar-refractivity contribution is 0.0686. The van der Waals surface area contributed by atoms with E-state index in [1.807, 2.05) is 67.8 Å². The van der Waals surface area contributed by atoms with Crippen molar-refractivity contribution in [2.24, 2.45) is 0 Å². The van der Waals surface area contributed by atoms with Crippen LogP contribution in [0.5, 0.6) is 28.7 Å². The Morgan fingerprint density at radius 1 is 0.359 bits per heavy atom. The zero-order valence-electron chi connectivity index (χ0n) is 40.4. The maximum absolute atomic E-state index is 12.2. The summed E-state index contributed by atoms with van der Waals surface area (Å²) >= 11 is 7.98.